The lowest BCUT2D eigenvalue weighted by Crippen LogP contribution is -2.10. The number of phenols is 1. The van der Waals surface area contributed by atoms with E-state index in [-0.39, 0.29) is 28.3 Å². The first kappa shape index (κ1) is 17.2. The molecule has 2 aromatic carbocycles. The van der Waals surface area contributed by atoms with E-state index in [1.165, 1.54) is 5.56 Å². The summed E-state index contributed by atoms with van der Waals surface area (Å²) in [6, 6.07) is 13.1. The second kappa shape index (κ2) is 6.98. The molecule has 0 aliphatic rings. The number of pyridine rings is 1. The van der Waals surface area contributed by atoms with Gasteiger partial charge in [0.2, 0.25) is 0 Å². The van der Waals surface area contributed by atoms with Crippen LogP contribution in [0.1, 0.15) is 5.56 Å². The van der Waals surface area contributed by atoms with Gasteiger partial charge in [-0.2, -0.15) is 0 Å². The average molecular weight is 375 g/mol. The number of phenolic OH excluding ortho intramolecular Hbond substituents is 1. The lowest BCUT2D eigenvalue weighted by molar-refractivity contribution is 0.402. The van der Waals surface area contributed by atoms with Crippen LogP contribution in [0.4, 0.5) is 0 Å². The number of halogens is 1. The van der Waals surface area contributed by atoms with Crippen LogP contribution in [-0.2, 0) is 6.54 Å². The number of aromatic amines is 1. The highest BCUT2D eigenvalue weighted by Gasteiger charge is 2.10. The third-order valence-corrected chi connectivity index (χ3v) is 3.67. The van der Waals surface area contributed by atoms with Crippen LogP contribution >= 0.6 is 17.0 Å². The van der Waals surface area contributed by atoms with Gasteiger partial charge < -0.3 is 15.0 Å². The fourth-order valence-electron chi connectivity index (χ4n) is 2.68. The summed E-state index contributed by atoms with van der Waals surface area (Å²) in [7, 11) is 4.06. The van der Waals surface area contributed by atoms with Gasteiger partial charge in [-0.1, -0.05) is 30.3 Å². The molecule has 5 heteroatoms. The quantitative estimate of drug-likeness (QED) is 0.736. The Morgan fingerprint density at radius 2 is 1.78 bits per heavy atom. The number of hydrogen-bond donors (Lipinski definition) is 2. The molecule has 2 N–H and O–H groups in total. The third kappa shape index (κ3) is 3.46. The van der Waals surface area contributed by atoms with E-state index in [1.54, 1.807) is 24.4 Å². The van der Waals surface area contributed by atoms with Crippen LogP contribution in [0.5, 0.6) is 5.75 Å². The van der Waals surface area contributed by atoms with Gasteiger partial charge in [-0.25, -0.2) is 0 Å². The van der Waals surface area contributed by atoms with Gasteiger partial charge in [-0.05, 0) is 37.4 Å². The molecular weight excluding hydrogens is 356 g/mol. The van der Waals surface area contributed by atoms with Crippen molar-refractivity contribution >= 4 is 27.8 Å². The number of fused-ring (bicyclic) bond motifs is 1. The van der Waals surface area contributed by atoms with Gasteiger partial charge in [0.15, 0.2) is 0 Å². The van der Waals surface area contributed by atoms with Crippen LogP contribution < -0.4 is 5.56 Å². The minimum Gasteiger partial charge on any atom is -0.507 e. The highest BCUT2D eigenvalue weighted by Crippen LogP contribution is 2.32. The fraction of sp³-hybridized carbons (Fsp3) is 0.167. The Morgan fingerprint density at radius 3 is 2.43 bits per heavy atom. The molecule has 1 heterocycles. The molecule has 4 nitrogen and oxygen atoms in total. The van der Waals surface area contributed by atoms with Crippen molar-refractivity contribution < 1.29 is 5.11 Å². The number of aromatic hydroxyl groups is 1. The maximum Gasteiger partial charge on any atom is 0.255 e. The highest BCUT2D eigenvalue weighted by molar-refractivity contribution is 8.93. The first-order chi connectivity index (χ1) is 10.6. The summed E-state index contributed by atoms with van der Waals surface area (Å²) in [4.78, 5) is 16.8. The van der Waals surface area contributed by atoms with Gasteiger partial charge in [-0.15, -0.1) is 17.0 Å². The molecule has 0 spiro atoms. The first-order valence-electron chi connectivity index (χ1n) is 7.13. The molecule has 0 aliphatic heterocycles. The first-order valence-corrected chi connectivity index (χ1v) is 7.13. The van der Waals surface area contributed by atoms with Gasteiger partial charge in [0.1, 0.15) is 5.75 Å². The zero-order valence-corrected chi connectivity index (χ0v) is 14.7. The van der Waals surface area contributed by atoms with Crippen LogP contribution in [0, 0.1) is 0 Å². The number of rotatable bonds is 3. The molecule has 0 saturated carbocycles. The average Bonchev–Trinajstić information content (AvgIpc) is 2.49. The van der Waals surface area contributed by atoms with Crippen molar-refractivity contribution in [1.82, 2.24) is 9.88 Å². The third-order valence-electron chi connectivity index (χ3n) is 3.67. The van der Waals surface area contributed by atoms with Crippen LogP contribution in [-0.4, -0.2) is 29.1 Å². The zero-order chi connectivity index (χ0) is 15.7. The number of nitrogens with zero attached hydrogens (tertiary/aromatic N) is 1. The standard InChI is InChI=1S/C18H18N2O2.BrH/c1-20(2)11-12-6-8-13(9-7-12)15-10-19-18(22)14-4-3-5-16(21)17(14)15;/h3-10,21H,11H2,1-2H3,(H,19,22);1H. The van der Waals surface area contributed by atoms with E-state index < -0.39 is 0 Å². The van der Waals surface area contributed by atoms with Crippen molar-refractivity contribution in [3.05, 3.63) is 64.6 Å². The molecule has 1 aromatic heterocycles. The predicted octanol–water partition coefficient (Wildman–Crippen LogP) is 3.54. The van der Waals surface area contributed by atoms with Crippen molar-refractivity contribution in [2.75, 3.05) is 14.1 Å². The molecule has 0 saturated heterocycles. The summed E-state index contributed by atoms with van der Waals surface area (Å²) in [5, 5.41) is 11.2. The topological polar surface area (TPSA) is 56.3 Å². The fourth-order valence-corrected chi connectivity index (χ4v) is 2.68. The molecule has 23 heavy (non-hydrogen) atoms. The Kier molecular flexibility index (Phi) is 5.23. The number of benzene rings is 2. The Bertz CT molecular complexity index is 870. The summed E-state index contributed by atoms with van der Waals surface area (Å²) in [6.07, 6.45) is 1.66. The lowest BCUT2D eigenvalue weighted by atomic mass is 9.99. The summed E-state index contributed by atoms with van der Waals surface area (Å²) < 4.78 is 0. The largest absolute Gasteiger partial charge is 0.507 e. The normalized spacial score (nSPS) is 10.7. The highest BCUT2D eigenvalue weighted by atomic mass is 79.9. The summed E-state index contributed by atoms with van der Waals surface area (Å²) in [5.74, 6) is 0.121. The van der Waals surface area contributed by atoms with Crippen molar-refractivity contribution in [3.8, 4) is 16.9 Å². The Labute approximate surface area is 145 Å². The van der Waals surface area contributed by atoms with E-state index in [9.17, 15) is 9.90 Å². The van der Waals surface area contributed by atoms with Gasteiger partial charge in [0.25, 0.3) is 5.56 Å². The Balaban J connectivity index is 0.00000192. The Morgan fingerprint density at radius 1 is 1.09 bits per heavy atom. The Hall–Kier alpha value is -2.11. The summed E-state index contributed by atoms with van der Waals surface area (Å²) >= 11 is 0. The number of aromatic nitrogens is 1. The van der Waals surface area contributed by atoms with Gasteiger partial charge in [0.05, 0.1) is 5.39 Å². The van der Waals surface area contributed by atoms with E-state index in [0.717, 1.165) is 17.7 Å². The van der Waals surface area contributed by atoms with Crippen LogP contribution in [0.3, 0.4) is 0 Å². The molecule has 0 atom stereocenters. The van der Waals surface area contributed by atoms with Crippen LogP contribution in [0.15, 0.2) is 53.5 Å². The van der Waals surface area contributed by atoms with Gasteiger partial charge in [0, 0.05) is 23.7 Å². The van der Waals surface area contributed by atoms with Crippen molar-refractivity contribution in [2.24, 2.45) is 0 Å². The van der Waals surface area contributed by atoms with E-state index in [4.69, 9.17) is 0 Å². The van der Waals surface area contributed by atoms with E-state index in [1.807, 2.05) is 26.2 Å². The van der Waals surface area contributed by atoms with Gasteiger partial charge >= 0.3 is 0 Å². The lowest BCUT2D eigenvalue weighted by Gasteiger charge is -2.11. The number of H-pyrrole nitrogens is 1. The minimum atomic E-state index is -0.195. The molecule has 120 valence electrons. The molecule has 0 amide bonds. The number of hydrogen-bond acceptors (Lipinski definition) is 3. The predicted molar refractivity (Wildman–Crippen MR) is 99.4 cm³/mol. The summed E-state index contributed by atoms with van der Waals surface area (Å²) in [5.41, 5.74) is 2.81. The molecule has 0 fully saturated rings. The monoisotopic (exact) mass is 374 g/mol. The van der Waals surface area contributed by atoms with E-state index in [0.29, 0.717) is 10.8 Å². The molecule has 0 bridgehead atoms. The molecular formula is C18H19BrN2O2. The smallest absolute Gasteiger partial charge is 0.255 e. The van der Waals surface area contributed by atoms with Crippen LogP contribution in [0.25, 0.3) is 21.9 Å². The van der Waals surface area contributed by atoms with Crippen molar-refractivity contribution in [1.29, 1.82) is 0 Å². The van der Waals surface area contributed by atoms with Crippen molar-refractivity contribution in [2.45, 2.75) is 6.54 Å². The van der Waals surface area contributed by atoms with Crippen molar-refractivity contribution in [3.63, 3.8) is 0 Å². The number of nitrogens with one attached hydrogen (secondary N) is 1. The molecule has 0 radical (unpaired) electrons. The summed E-state index contributed by atoms with van der Waals surface area (Å²) in [6.45, 7) is 0.873. The van der Waals surface area contributed by atoms with Gasteiger partial charge in [-0.3, -0.25) is 4.79 Å². The second-order valence-corrected chi connectivity index (χ2v) is 5.67. The van der Waals surface area contributed by atoms with E-state index >= 15 is 0 Å². The van der Waals surface area contributed by atoms with E-state index in [2.05, 4.69) is 22.0 Å². The maximum absolute atomic E-state index is 11.9. The molecule has 3 aromatic rings. The molecule has 3 rings (SSSR count). The van der Waals surface area contributed by atoms with Crippen LogP contribution in [0.2, 0.25) is 0 Å². The maximum atomic E-state index is 11.9. The molecule has 0 aliphatic carbocycles. The second-order valence-electron chi connectivity index (χ2n) is 5.67. The molecule has 0 unspecified atom stereocenters. The SMILES string of the molecule is Br.CN(C)Cc1ccc(-c2c[nH]c(=O)c3cccc(O)c23)cc1. The minimum absolute atomic E-state index is 0. The zero-order valence-electron chi connectivity index (χ0n) is 13.0.